The lowest BCUT2D eigenvalue weighted by Gasteiger charge is -1.87. The third kappa shape index (κ3) is 1.53. The number of aliphatic carboxylic acids is 1. The van der Waals surface area contributed by atoms with E-state index in [-0.39, 0.29) is 11.8 Å². The predicted molar refractivity (Wildman–Crippen MR) is 44.6 cm³/mol. The maximum absolute atomic E-state index is 10.5. The molecule has 2 unspecified atom stereocenters. The third-order valence-corrected chi connectivity index (χ3v) is 2.54. The summed E-state index contributed by atoms with van der Waals surface area (Å²) in [5, 5.41) is 16.7. The number of carboxylic acid groups (broad SMARTS) is 1. The highest BCUT2D eigenvalue weighted by Gasteiger charge is 2.47. The summed E-state index contributed by atoms with van der Waals surface area (Å²) in [7, 11) is 0. The van der Waals surface area contributed by atoms with Crippen LogP contribution in [0.25, 0.3) is 0 Å². The van der Waals surface area contributed by atoms with Gasteiger partial charge in [0.1, 0.15) is 0 Å². The lowest BCUT2D eigenvalue weighted by atomic mass is 10.3. The molecule has 2 atom stereocenters. The van der Waals surface area contributed by atoms with Crippen molar-refractivity contribution in [1.29, 1.82) is 0 Å². The summed E-state index contributed by atoms with van der Waals surface area (Å²) in [4.78, 5) is 10.5. The minimum atomic E-state index is -0.783. The van der Waals surface area contributed by atoms with Crippen LogP contribution in [0.5, 0.6) is 0 Å². The van der Waals surface area contributed by atoms with Crippen LogP contribution in [0.3, 0.4) is 0 Å². The van der Waals surface area contributed by atoms with E-state index < -0.39 is 5.97 Å². The standard InChI is InChI=1S/C7H8N2O3S/c1-13-7-9-8-5(12-7)3-2-4(3)6(10)11/h3-4H,2H2,1H3,(H,10,11). The van der Waals surface area contributed by atoms with Crippen molar-refractivity contribution >= 4 is 17.7 Å². The van der Waals surface area contributed by atoms with E-state index in [1.165, 1.54) is 11.8 Å². The van der Waals surface area contributed by atoms with Crippen molar-refractivity contribution in [3.05, 3.63) is 5.89 Å². The summed E-state index contributed by atoms with van der Waals surface area (Å²) in [5.41, 5.74) is 0. The van der Waals surface area contributed by atoms with E-state index in [1.807, 2.05) is 6.26 Å². The minimum Gasteiger partial charge on any atom is -0.481 e. The molecular weight excluding hydrogens is 192 g/mol. The Morgan fingerprint density at radius 3 is 2.92 bits per heavy atom. The molecule has 70 valence electrons. The smallest absolute Gasteiger partial charge is 0.307 e. The Hall–Kier alpha value is -1.04. The Kier molecular flexibility index (Phi) is 1.99. The van der Waals surface area contributed by atoms with Crippen molar-refractivity contribution in [3.63, 3.8) is 0 Å². The van der Waals surface area contributed by atoms with Crippen molar-refractivity contribution in [1.82, 2.24) is 10.2 Å². The minimum absolute atomic E-state index is 0.0640. The molecule has 0 aliphatic heterocycles. The normalized spacial score (nSPS) is 25.9. The first-order valence-corrected chi connectivity index (χ1v) is 5.05. The Balaban J connectivity index is 2.07. The van der Waals surface area contributed by atoms with Crippen LogP contribution in [-0.4, -0.2) is 27.5 Å². The van der Waals surface area contributed by atoms with Crippen molar-refractivity contribution in [3.8, 4) is 0 Å². The molecule has 0 aromatic carbocycles. The van der Waals surface area contributed by atoms with Crippen LogP contribution in [-0.2, 0) is 4.79 Å². The third-order valence-electron chi connectivity index (χ3n) is 2.02. The molecular formula is C7H8N2O3S. The first-order valence-electron chi connectivity index (χ1n) is 3.82. The Bertz CT molecular complexity index is 338. The zero-order chi connectivity index (χ0) is 9.42. The average Bonchev–Trinajstić information content (AvgIpc) is 2.78. The van der Waals surface area contributed by atoms with Gasteiger partial charge in [0.05, 0.1) is 11.8 Å². The Morgan fingerprint density at radius 1 is 1.69 bits per heavy atom. The average molecular weight is 200 g/mol. The molecule has 6 heteroatoms. The molecule has 1 fully saturated rings. The molecule has 1 aromatic rings. The number of carboxylic acids is 1. The van der Waals surface area contributed by atoms with Gasteiger partial charge in [-0.15, -0.1) is 10.2 Å². The van der Waals surface area contributed by atoms with Crippen molar-refractivity contribution in [2.75, 3.05) is 6.26 Å². The van der Waals surface area contributed by atoms with Gasteiger partial charge in [-0.05, 0) is 12.7 Å². The van der Waals surface area contributed by atoms with E-state index in [1.54, 1.807) is 0 Å². The molecule has 13 heavy (non-hydrogen) atoms. The lowest BCUT2D eigenvalue weighted by molar-refractivity contribution is -0.138. The summed E-state index contributed by atoms with van der Waals surface area (Å²) >= 11 is 1.36. The Morgan fingerprint density at radius 2 is 2.46 bits per heavy atom. The fraction of sp³-hybridized carbons (Fsp3) is 0.571. The molecule has 0 bridgehead atoms. The summed E-state index contributed by atoms with van der Waals surface area (Å²) in [6.07, 6.45) is 2.45. The molecule has 2 rings (SSSR count). The first kappa shape index (κ1) is 8.55. The van der Waals surface area contributed by atoms with Gasteiger partial charge in [-0.1, -0.05) is 11.8 Å². The fourth-order valence-electron chi connectivity index (χ4n) is 1.19. The molecule has 1 N–H and O–H groups in total. The highest BCUT2D eigenvalue weighted by molar-refractivity contribution is 7.98. The van der Waals surface area contributed by atoms with Crippen LogP contribution in [0.4, 0.5) is 0 Å². The molecule has 0 radical (unpaired) electrons. The van der Waals surface area contributed by atoms with Gasteiger partial charge in [0.25, 0.3) is 5.22 Å². The van der Waals surface area contributed by atoms with Gasteiger partial charge in [0, 0.05) is 0 Å². The largest absolute Gasteiger partial charge is 0.481 e. The molecule has 1 aromatic heterocycles. The summed E-state index contributed by atoms with van der Waals surface area (Å²) in [6.45, 7) is 0. The van der Waals surface area contributed by atoms with Crippen LogP contribution in [0.2, 0.25) is 0 Å². The monoisotopic (exact) mass is 200 g/mol. The summed E-state index contributed by atoms with van der Waals surface area (Å²) < 4.78 is 5.21. The van der Waals surface area contributed by atoms with Gasteiger partial charge < -0.3 is 9.52 Å². The summed E-state index contributed by atoms with van der Waals surface area (Å²) in [5.74, 6) is -0.716. The molecule has 1 saturated carbocycles. The second kappa shape index (κ2) is 3.02. The fourth-order valence-corrected chi connectivity index (χ4v) is 1.48. The van der Waals surface area contributed by atoms with Crippen LogP contribution in [0.1, 0.15) is 18.2 Å². The number of rotatable bonds is 3. The van der Waals surface area contributed by atoms with E-state index in [4.69, 9.17) is 9.52 Å². The topological polar surface area (TPSA) is 76.2 Å². The van der Waals surface area contributed by atoms with Gasteiger partial charge >= 0.3 is 5.97 Å². The first-order chi connectivity index (χ1) is 6.22. The zero-order valence-electron chi connectivity index (χ0n) is 6.93. The summed E-state index contributed by atoms with van der Waals surface area (Å²) in [6, 6.07) is 0. The number of carbonyl (C=O) groups is 1. The highest BCUT2D eigenvalue weighted by Crippen LogP contribution is 2.47. The van der Waals surface area contributed by atoms with Gasteiger partial charge in [-0.2, -0.15) is 0 Å². The van der Waals surface area contributed by atoms with Crippen LogP contribution in [0, 0.1) is 5.92 Å². The van der Waals surface area contributed by atoms with E-state index in [0.29, 0.717) is 17.5 Å². The van der Waals surface area contributed by atoms with Crippen LogP contribution < -0.4 is 0 Å². The molecule has 5 nitrogen and oxygen atoms in total. The second-order valence-electron chi connectivity index (χ2n) is 2.90. The molecule has 0 spiro atoms. The number of thioether (sulfide) groups is 1. The van der Waals surface area contributed by atoms with E-state index >= 15 is 0 Å². The van der Waals surface area contributed by atoms with Gasteiger partial charge in [-0.25, -0.2) is 0 Å². The van der Waals surface area contributed by atoms with Crippen molar-refractivity contribution < 1.29 is 14.3 Å². The molecule has 1 heterocycles. The SMILES string of the molecule is CSc1nnc(C2CC2C(=O)O)o1. The van der Waals surface area contributed by atoms with Crippen molar-refractivity contribution in [2.24, 2.45) is 5.92 Å². The Labute approximate surface area is 78.5 Å². The molecule has 1 aliphatic rings. The number of nitrogens with zero attached hydrogens (tertiary/aromatic N) is 2. The van der Waals surface area contributed by atoms with E-state index in [2.05, 4.69) is 10.2 Å². The van der Waals surface area contributed by atoms with Gasteiger partial charge in [0.2, 0.25) is 5.89 Å². The van der Waals surface area contributed by atoms with Crippen molar-refractivity contribution in [2.45, 2.75) is 17.6 Å². The van der Waals surface area contributed by atoms with Gasteiger partial charge in [0.15, 0.2) is 0 Å². The highest BCUT2D eigenvalue weighted by atomic mass is 32.2. The second-order valence-corrected chi connectivity index (χ2v) is 3.65. The maximum atomic E-state index is 10.5. The predicted octanol–water partition coefficient (Wildman–Crippen LogP) is 0.980. The van der Waals surface area contributed by atoms with Crippen LogP contribution >= 0.6 is 11.8 Å². The van der Waals surface area contributed by atoms with E-state index in [9.17, 15) is 4.79 Å². The number of hydrogen-bond acceptors (Lipinski definition) is 5. The van der Waals surface area contributed by atoms with E-state index in [0.717, 1.165) is 0 Å². The van der Waals surface area contributed by atoms with Gasteiger partial charge in [-0.3, -0.25) is 4.79 Å². The molecule has 0 amide bonds. The maximum Gasteiger partial charge on any atom is 0.307 e. The molecule has 0 saturated heterocycles. The number of aromatic nitrogens is 2. The van der Waals surface area contributed by atoms with Crippen LogP contribution in [0.15, 0.2) is 9.64 Å². The number of hydrogen-bond donors (Lipinski definition) is 1. The molecule has 1 aliphatic carbocycles. The zero-order valence-corrected chi connectivity index (χ0v) is 7.74. The quantitative estimate of drug-likeness (QED) is 0.733. The lowest BCUT2D eigenvalue weighted by Crippen LogP contribution is -1.98.